The lowest BCUT2D eigenvalue weighted by Crippen LogP contribution is -2.05. The summed E-state index contributed by atoms with van der Waals surface area (Å²) in [6.45, 7) is 0. The summed E-state index contributed by atoms with van der Waals surface area (Å²) in [5.41, 5.74) is 1.92. The van der Waals surface area contributed by atoms with Gasteiger partial charge in [-0.2, -0.15) is 0 Å². The van der Waals surface area contributed by atoms with Gasteiger partial charge < -0.3 is 5.11 Å². The summed E-state index contributed by atoms with van der Waals surface area (Å²) < 4.78 is 0. The average molecular weight is 285 g/mol. The molecule has 0 spiro atoms. The molecule has 1 N–H and O–H groups in total. The van der Waals surface area contributed by atoms with Crippen LogP contribution in [0.5, 0.6) is 0 Å². The second-order valence-corrected chi connectivity index (χ2v) is 4.74. The van der Waals surface area contributed by atoms with Crippen LogP contribution in [0.3, 0.4) is 0 Å². The number of non-ortho nitro benzene ring substituents is 1. The van der Waals surface area contributed by atoms with E-state index in [4.69, 9.17) is 5.11 Å². The highest BCUT2D eigenvalue weighted by atomic mass is 16.6. The first-order valence-electron chi connectivity index (χ1n) is 6.59. The number of carboxylic acid groups (broad SMARTS) is 1. The smallest absolute Gasteiger partial charge is 0.303 e. The molecule has 0 bridgehead atoms. The Balaban J connectivity index is 2.30. The molecule has 1 unspecified atom stereocenters. The van der Waals surface area contributed by atoms with Crippen molar-refractivity contribution in [1.29, 1.82) is 0 Å². The minimum atomic E-state index is -0.849. The summed E-state index contributed by atoms with van der Waals surface area (Å²) in [6.07, 6.45) is 0.508. The summed E-state index contributed by atoms with van der Waals surface area (Å²) in [7, 11) is 0. The maximum Gasteiger partial charge on any atom is 0.303 e. The first-order chi connectivity index (χ1) is 10.1. The molecule has 0 saturated heterocycles. The standard InChI is InChI=1S/C16H15NO4/c18-16(19)11-10-15(12-4-2-1-3-5-12)13-6-8-14(9-7-13)17(20)21/h1-9,15H,10-11H2,(H,18,19). The molecule has 0 fully saturated rings. The van der Waals surface area contributed by atoms with E-state index in [0.717, 1.165) is 11.1 Å². The number of hydrogen-bond donors (Lipinski definition) is 1. The molecule has 5 nitrogen and oxygen atoms in total. The maximum absolute atomic E-state index is 10.8. The number of hydrogen-bond acceptors (Lipinski definition) is 3. The van der Waals surface area contributed by atoms with Crippen LogP contribution >= 0.6 is 0 Å². The summed E-state index contributed by atoms with van der Waals surface area (Å²) in [4.78, 5) is 21.1. The van der Waals surface area contributed by atoms with Crippen LogP contribution in [-0.2, 0) is 4.79 Å². The van der Waals surface area contributed by atoms with E-state index in [0.29, 0.717) is 6.42 Å². The van der Waals surface area contributed by atoms with E-state index in [1.807, 2.05) is 30.3 Å². The third kappa shape index (κ3) is 3.89. The Bertz CT molecular complexity index is 622. The lowest BCUT2D eigenvalue weighted by Gasteiger charge is -2.17. The molecule has 2 aromatic rings. The van der Waals surface area contributed by atoms with E-state index in [1.165, 1.54) is 12.1 Å². The van der Waals surface area contributed by atoms with Gasteiger partial charge in [0.15, 0.2) is 0 Å². The van der Waals surface area contributed by atoms with Crippen molar-refractivity contribution in [3.05, 3.63) is 75.8 Å². The van der Waals surface area contributed by atoms with Gasteiger partial charge in [0.05, 0.1) is 4.92 Å². The normalized spacial score (nSPS) is 11.8. The molecular weight excluding hydrogens is 270 g/mol. The van der Waals surface area contributed by atoms with Gasteiger partial charge in [-0.05, 0) is 17.5 Å². The quantitative estimate of drug-likeness (QED) is 0.649. The fraction of sp³-hybridized carbons (Fsp3) is 0.188. The Morgan fingerprint density at radius 3 is 2.14 bits per heavy atom. The van der Waals surface area contributed by atoms with Crippen LogP contribution in [0.25, 0.3) is 0 Å². The number of nitro benzene ring substituents is 1. The Labute approximate surface area is 122 Å². The van der Waals surface area contributed by atoms with Crippen molar-refractivity contribution in [3.8, 4) is 0 Å². The number of rotatable bonds is 6. The summed E-state index contributed by atoms with van der Waals surface area (Å²) in [5, 5.41) is 19.6. The van der Waals surface area contributed by atoms with Crippen molar-refractivity contribution in [1.82, 2.24) is 0 Å². The number of nitrogens with zero attached hydrogens (tertiary/aromatic N) is 1. The summed E-state index contributed by atoms with van der Waals surface area (Å²) >= 11 is 0. The van der Waals surface area contributed by atoms with Crippen molar-refractivity contribution in [3.63, 3.8) is 0 Å². The molecule has 0 heterocycles. The maximum atomic E-state index is 10.8. The molecule has 108 valence electrons. The minimum Gasteiger partial charge on any atom is -0.481 e. The highest BCUT2D eigenvalue weighted by Crippen LogP contribution is 2.30. The van der Waals surface area contributed by atoms with Crippen molar-refractivity contribution < 1.29 is 14.8 Å². The van der Waals surface area contributed by atoms with E-state index in [1.54, 1.807) is 12.1 Å². The van der Waals surface area contributed by atoms with E-state index in [-0.39, 0.29) is 18.0 Å². The van der Waals surface area contributed by atoms with Gasteiger partial charge in [0.1, 0.15) is 0 Å². The van der Waals surface area contributed by atoms with E-state index < -0.39 is 10.9 Å². The number of carbonyl (C=O) groups is 1. The number of benzene rings is 2. The number of nitro groups is 1. The SMILES string of the molecule is O=C(O)CCC(c1ccccc1)c1ccc([N+](=O)[O-])cc1. The molecule has 5 heteroatoms. The zero-order valence-corrected chi connectivity index (χ0v) is 11.3. The van der Waals surface area contributed by atoms with Crippen molar-refractivity contribution >= 4 is 11.7 Å². The van der Waals surface area contributed by atoms with Gasteiger partial charge in [0, 0.05) is 24.5 Å². The fourth-order valence-corrected chi connectivity index (χ4v) is 2.31. The predicted octanol–water partition coefficient (Wildman–Crippen LogP) is 3.59. The average Bonchev–Trinajstić information content (AvgIpc) is 2.49. The van der Waals surface area contributed by atoms with Crippen molar-refractivity contribution in [2.24, 2.45) is 0 Å². The minimum absolute atomic E-state index is 0.0313. The molecule has 0 amide bonds. The Hall–Kier alpha value is -2.69. The zero-order valence-electron chi connectivity index (χ0n) is 11.3. The predicted molar refractivity (Wildman–Crippen MR) is 78.3 cm³/mol. The van der Waals surface area contributed by atoms with Gasteiger partial charge in [-0.15, -0.1) is 0 Å². The van der Waals surface area contributed by atoms with Crippen molar-refractivity contribution in [2.75, 3.05) is 0 Å². The van der Waals surface area contributed by atoms with E-state index in [2.05, 4.69) is 0 Å². The van der Waals surface area contributed by atoms with Gasteiger partial charge in [0.25, 0.3) is 5.69 Å². The van der Waals surface area contributed by atoms with Crippen LogP contribution < -0.4 is 0 Å². The Morgan fingerprint density at radius 2 is 1.62 bits per heavy atom. The monoisotopic (exact) mass is 285 g/mol. The lowest BCUT2D eigenvalue weighted by molar-refractivity contribution is -0.384. The highest BCUT2D eigenvalue weighted by Gasteiger charge is 2.16. The van der Waals surface area contributed by atoms with Crippen LogP contribution in [0, 0.1) is 10.1 Å². The fourth-order valence-electron chi connectivity index (χ4n) is 2.31. The molecule has 21 heavy (non-hydrogen) atoms. The number of aliphatic carboxylic acids is 1. The van der Waals surface area contributed by atoms with Crippen LogP contribution in [0.4, 0.5) is 5.69 Å². The Morgan fingerprint density at radius 1 is 1.05 bits per heavy atom. The highest BCUT2D eigenvalue weighted by molar-refractivity contribution is 5.66. The summed E-state index contributed by atoms with van der Waals surface area (Å²) in [6, 6.07) is 15.9. The molecule has 1 atom stereocenters. The zero-order chi connectivity index (χ0) is 15.2. The van der Waals surface area contributed by atoms with Gasteiger partial charge in [-0.3, -0.25) is 14.9 Å². The second-order valence-electron chi connectivity index (χ2n) is 4.74. The third-order valence-corrected chi connectivity index (χ3v) is 3.36. The third-order valence-electron chi connectivity index (χ3n) is 3.36. The first kappa shape index (κ1) is 14.7. The molecule has 0 aromatic heterocycles. The van der Waals surface area contributed by atoms with Crippen LogP contribution in [-0.4, -0.2) is 16.0 Å². The van der Waals surface area contributed by atoms with Crippen LogP contribution in [0.15, 0.2) is 54.6 Å². The largest absolute Gasteiger partial charge is 0.481 e. The molecule has 0 aliphatic carbocycles. The van der Waals surface area contributed by atoms with E-state index >= 15 is 0 Å². The van der Waals surface area contributed by atoms with Crippen LogP contribution in [0.1, 0.15) is 29.9 Å². The van der Waals surface area contributed by atoms with E-state index in [9.17, 15) is 14.9 Å². The number of carboxylic acids is 1. The first-order valence-corrected chi connectivity index (χ1v) is 6.59. The second kappa shape index (κ2) is 6.65. The Kier molecular flexibility index (Phi) is 4.66. The van der Waals surface area contributed by atoms with Gasteiger partial charge in [-0.1, -0.05) is 42.5 Å². The topological polar surface area (TPSA) is 80.4 Å². The van der Waals surface area contributed by atoms with Gasteiger partial charge >= 0.3 is 5.97 Å². The van der Waals surface area contributed by atoms with Crippen LogP contribution in [0.2, 0.25) is 0 Å². The molecule has 2 rings (SSSR count). The summed E-state index contributed by atoms with van der Waals surface area (Å²) in [5.74, 6) is -0.930. The lowest BCUT2D eigenvalue weighted by atomic mass is 9.87. The molecule has 0 radical (unpaired) electrons. The molecule has 0 saturated carbocycles. The molecule has 0 aliphatic rings. The molecular formula is C16H15NO4. The molecule has 0 aliphatic heterocycles. The van der Waals surface area contributed by atoms with Crippen molar-refractivity contribution in [2.45, 2.75) is 18.8 Å². The van der Waals surface area contributed by atoms with Gasteiger partial charge in [-0.25, -0.2) is 0 Å². The molecule has 2 aromatic carbocycles. The van der Waals surface area contributed by atoms with Gasteiger partial charge in [0.2, 0.25) is 0 Å².